The van der Waals surface area contributed by atoms with E-state index in [-0.39, 0.29) is 32.6 Å². The average molecular weight is 423 g/mol. The van der Waals surface area contributed by atoms with Crippen molar-refractivity contribution >= 4 is 37.5 Å². The van der Waals surface area contributed by atoms with Crippen molar-refractivity contribution in [1.82, 2.24) is 10.0 Å². The second-order valence-corrected chi connectivity index (χ2v) is 9.79. The van der Waals surface area contributed by atoms with Gasteiger partial charge in [0, 0.05) is 11.7 Å². The van der Waals surface area contributed by atoms with E-state index in [4.69, 9.17) is 0 Å². The minimum Gasteiger partial charge on any atom is -0.288 e. The molecule has 9 nitrogen and oxygen atoms in total. The van der Waals surface area contributed by atoms with Crippen LogP contribution >= 0.6 is 0 Å². The van der Waals surface area contributed by atoms with Crippen molar-refractivity contribution in [3.05, 3.63) is 53.6 Å². The van der Waals surface area contributed by atoms with Crippen LogP contribution in [0.3, 0.4) is 0 Å². The van der Waals surface area contributed by atoms with Gasteiger partial charge in [0.2, 0.25) is 10.0 Å². The lowest BCUT2D eigenvalue weighted by Gasteiger charge is -2.11. The van der Waals surface area contributed by atoms with Crippen LogP contribution in [0.1, 0.15) is 34.6 Å². The molecule has 0 spiro atoms. The van der Waals surface area contributed by atoms with Gasteiger partial charge in [0.1, 0.15) is 0 Å². The SMILES string of the molecule is CC(C)NS(=O)(=O)c1ccc(NS(=O)(=O)c2ccc3c(c2)C(=O)NC3=O)cc1. The van der Waals surface area contributed by atoms with Gasteiger partial charge in [0.15, 0.2) is 0 Å². The molecule has 0 saturated carbocycles. The summed E-state index contributed by atoms with van der Waals surface area (Å²) in [5.74, 6) is -1.24. The van der Waals surface area contributed by atoms with Crippen molar-refractivity contribution in [3.8, 4) is 0 Å². The van der Waals surface area contributed by atoms with Crippen LogP contribution in [-0.4, -0.2) is 34.7 Å². The summed E-state index contributed by atoms with van der Waals surface area (Å²) < 4.78 is 54.1. The molecule has 0 aromatic heterocycles. The highest BCUT2D eigenvalue weighted by Gasteiger charge is 2.28. The highest BCUT2D eigenvalue weighted by molar-refractivity contribution is 7.92. The van der Waals surface area contributed by atoms with E-state index in [1.54, 1.807) is 13.8 Å². The van der Waals surface area contributed by atoms with Gasteiger partial charge in [-0.25, -0.2) is 21.6 Å². The third-order valence-corrected chi connectivity index (χ3v) is 6.88. The zero-order valence-electron chi connectivity index (χ0n) is 14.9. The normalized spacial score (nSPS) is 14.1. The molecule has 0 fully saturated rings. The molecule has 28 heavy (non-hydrogen) atoms. The smallest absolute Gasteiger partial charge is 0.261 e. The number of sulfonamides is 2. The number of hydrogen-bond acceptors (Lipinski definition) is 6. The van der Waals surface area contributed by atoms with Gasteiger partial charge in [-0.1, -0.05) is 0 Å². The zero-order valence-corrected chi connectivity index (χ0v) is 16.5. The molecule has 1 aliphatic heterocycles. The van der Waals surface area contributed by atoms with Crippen molar-refractivity contribution in [2.24, 2.45) is 0 Å². The summed E-state index contributed by atoms with van der Waals surface area (Å²) in [4.78, 5) is 23.1. The number of carbonyl (C=O) groups is 2. The van der Waals surface area contributed by atoms with Gasteiger partial charge in [0.25, 0.3) is 21.8 Å². The first-order chi connectivity index (χ1) is 13.0. The van der Waals surface area contributed by atoms with E-state index in [2.05, 4.69) is 14.8 Å². The molecule has 1 heterocycles. The van der Waals surface area contributed by atoms with Gasteiger partial charge >= 0.3 is 0 Å². The molecule has 2 aromatic rings. The van der Waals surface area contributed by atoms with Gasteiger partial charge in [0.05, 0.1) is 20.9 Å². The van der Waals surface area contributed by atoms with E-state index in [9.17, 15) is 26.4 Å². The Hall–Kier alpha value is -2.76. The Balaban J connectivity index is 1.85. The Morgan fingerprint density at radius 1 is 0.786 bits per heavy atom. The molecule has 11 heteroatoms. The molecule has 2 aromatic carbocycles. The predicted octanol–water partition coefficient (Wildman–Crippen LogP) is 1.06. The number of rotatable bonds is 6. The molecule has 0 saturated heterocycles. The molecule has 1 aliphatic rings. The van der Waals surface area contributed by atoms with Gasteiger partial charge in [-0.3, -0.25) is 19.6 Å². The molecule has 2 amide bonds. The molecule has 3 N–H and O–H groups in total. The maximum atomic E-state index is 12.6. The van der Waals surface area contributed by atoms with Crippen LogP contribution in [0.5, 0.6) is 0 Å². The number of benzene rings is 2. The highest BCUT2D eigenvalue weighted by Crippen LogP contribution is 2.23. The molecule has 0 atom stereocenters. The van der Waals surface area contributed by atoms with Crippen molar-refractivity contribution in [3.63, 3.8) is 0 Å². The van der Waals surface area contributed by atoms with E-state index in [1.165, 1.54) is 36.4 Å². The summed E-state index contributed by atoms with van der Waals surface area (Å²) in [5, 5.41) is 2.09. The summed E-state index contributed by atoms with van der Waals surface area (Å²) >= 11 is 0. The summed E-state index contributed by atoms with van der Waals surface area (Å²) in [6, 6.07) is 8.48. The quantitative estimate of drug-likeness (QED) is 0.594. The average Bonchev–Trinajstić information content (AvgIpc) is 2.88. The van der Waals surface area contributed by atoms with Crippen LogP contribution < -0.4 is 14.8 Å². The van der Waals surface area contributed by atoms with E-state index in [1.807, 2.05) is 0 Å². The minimum absolute atomic E-state index is 0.00291. The minimum atomic E-state index is -4.05. The van der Waals surface area contributed by atoms with Crippen LogP contribution in [-0.2, 0) is 20.0 Å². The van der Waals surface area contributed by atoms with Gasteiger partial charge in [-0.15, -0.1) is 0 Å². The maximum absolute atomic E-state index is 12.6. The molecule has 148 valence electrons. The van der Waals surface area contributed by atoms with Gasteiger partial charge < -0.3 is 0 Å². The molecular weight excluding hydrogens is 406 g/mol. The topological polar surface area (TPSA) is 139 Å². The first-order valence-electron chi connectivity index (χ1n) is 8.14. The molecule has 0 aliphatic carbocycles. The number of hydrogen-bond donors (Lipinski definition) is 3. The zero-order chi connectivity index (χ0) is 20.7. The third-order valence-electron chi connectivity index (χ3n) is 3.83. The fourth-order valence-electron chi connectivity index (χ4n) is 2.61. The Morgan fingerprint density at radius 3 is 1.96 bits per heavy atom. The highest BCUT2D eigenvalue weighted by atomic mass is 32.2. The lowest BCUT2D eigenvalue weighted by molar-refractivity contribution is 0.0879. The van der Waals surface area contributed by atoms with Crippen LogP contribution in [0.15, 0.2) is 52.3 Å². The van der Waals surface area contributed by atoms with Crippen molar-refractivity contribution in [2.75, 3.05) is 4.72 Å². The van der Waals surface area contributed by atoms with Crippen molar-refractivity contribution < 1.29 is 26.4 Å². The number of carbonyl (C=O) groups excluding carboxylic acids is 2. The first kappa shape index (κ1) is 20.0. The number of imide groups is 1. The summed E-state index contributed by atoms with van der Waals surface area (Å²) in [6.07, 6.45) is 0. The molecule has 0 bridgehead atoms. The van der Waals surface area contributed by atoms with E-state index in [0.717, 1.165) is 6.07 Å². The van der Waals surface area contributed by atoms with Crippen molar-refractivity contribution in [2.45, 2.75) is 29.7 Å². The second kappa shape index (κ2) is 7.00. The summed E-state index contributed by atoms with van der Waals surface area (Å²) in [5.41, 5.74) is 0.231. The fourth-order valence-corrected chi connectivity index (χ4v) is 4.94. The van der Waals surface area contributed by atoms with E-state index in [0.29, 0.717) is 0 Å². The Labute approximate surface area is 162 Å². The van der Waals surface area contributed by atoms with Crippen LogP contribution in [0.25, 0.3) is 0 Å². The maximum Gasteiger partial charge on any atom is 0.261 e. The van der Waals surface area contributed by atoms with E-state index >= 15 is 0 Å². The first-order valence-corrected chi connectivity index (χ1v) is 11.1. The monoisotopic (exact) mass is 423 g/mol. The van der Waals surface area contributed by atoms with Gasteiger partial charge in [-0.2, -0.15) is 0 Å². The molecule has 0 unspecified atom stereocenters. The molecule has 0 radical (unpaired) electrons. The van der Waals surface area contributed by atoms with E-state index < -0.39 is 31.9 Å². The van der Waals surface area contributed by atoms with Crippen molar-refractivity contribution in [1.29, 1.82) is 0 Å². The van der Waals surface area contributed by atoms with Crippen LogP contribution in [0.2, 0.25) is 0 Å². The molecule has 3 rings (SSSR count). The number of amides is 2. The largest absolute Gasteiger partial charge is 0.288 e. The standard InChI is InChI=1S/C17H17N3O6S2/c1-10(2)19-27(23,24)12-5-3-11(4-6-12)20-28(25,26)13-7-8-14-15(9-13)17(22)18-16(14)21/h3-10,19-20H,1-2H3,(H,18,21,22). The van der Waals surface area contributed by atoms with Crippen LogP contribution in [0, 0.1) is 0 Å². The number of fused-ring (bicyclic) bond motifs is 1. The Morgan fingerprint density at radius 2 is 1.36 bits per heavy atom. The second-order valence-electron chi connectivity index (χ2n) is 6.40. The summed E-state index contributed by atoms with van der Waals surface area (Å²) in [6.45, 7) is 3.37. The number of nitrogens with one attached hydrogen (secondary N) is 3. The van der Waals surface area contributed by atoms with Crippen LogP contribution in [0.4, 0.5) is 5.69 Å². The summed E-state index contributed by atoms with van der Waals surface area (Å²) in [7, 11) is -7.74. The lowest BCUT2D eigenvalue weighted by atomic mass is 10.1. The Bertz CT molecular complexity index is 1170. The fraction of sp³-hybridized carbons (Fsp3) is 0.176. The Kier molecular flexibility index (Phi) is 5.00. The predicted molar refractivity (Wildman–Crippen MR) is 101 cm³/mol. The third kappa shape index (κ3) is 3.91. The molecular formula is C17H17N3O6S2. The van der Waals surface area contributed by atoms with Gasteiger partial charge in [-0.05, 0) is 56.3 Å². The number of anilines is 1. The lowest BCUT2D eigenvalue weighted by Crippen LogP contribution is -2.30.